The van der Waals surface area contributed by atoms with Crippen LogP contribution in [0.2, 0.25) is 0 Å². The predicted molar refractivity (Wildman–Crippen MR) is 76.2 cm³/mol. The van der Waals surface area contributed by atoms with Crippen LogP contribution in [-0.2, 0) is 6.42 Å². The van der Waals surface area contributed by atoms with Gasteiger partial charge >= 0.3 is 0 Å². The molecule has 1 aliphatic heterocycles. The lowest BCUT2D eigenvalue weighted by molar-refractivity contribution is 0.293. The van der Waals surface area contributed by atoms with Crippen LogP contribution in [0, 0.1) is 11.8 Å². The average Bonchev–Trinajstić information content (AvgIpc) is 2.96. The number of anilines is 1. The standard InChI is InChI=1S/C14H23N3S/c1-3-6-13-15-16-14(18-13)17-9-10(2)11-7-4-5-8-12(11)17/h10-12H,3-9H2,1-2H3. The van der Waals surface area contributed by atoms with Crippen LogP contribution in [-0.4, -0.2) is 22.8 Å². The molecule has 3 atom stereocenters. The Morgan fingerprint density at radius 1 is 1.28 bits per heavy atom. The van der Waals surface area contributed by atoms with Crippen molar-refractivity contribution in [3.63, 3.8) is 0 Å². The molecule has 1 saturated carbocycles. The smallest absolute Gasteiger partial charge is 0.208 e. The van der Waals surface area contributed by atoms with E-state index in [1.807, 2.05) is 11.3 Å². The van der Waals surface area contributed by atoms with Gasteiger partial charge in [-0.1, -0.05) is 38.0 Å². The molecule has 2 fully saturated rings. The van der Waals surface area contributed by atoms with Crippen LogP contribution in [0.5, 0.6) is 0 Å². The van der Waals surface area contributed by atoms with Crippen LogP contribution in [0.1, 0.15) is 51.0 Å². The first-order chi connectivity index (χ1) is 8.79. The second kappa shape index (κ2) is 5.16. The molecule has 0 spiro atoms. The van der Waals surface area contributed by atoms with E-state index in [2.05, 4.69) is 28.9 Å². The van der Waals surface area contributed by atoms with Gasteiger partial charge in [0, 0.05) is 19.0 Å². The summed E-state index contributed by atoms with van der Waals surface area (Å²) in [6.45, 7) is 5.81. The normalized spacial score (nSPS) is 31.7. The molecule has 100 valence electrons. The molecule has 0 N–H and O–H groups in total. The van der Waals surface area contributed by atoms with Crippen LogP contribution >= 0.6 is 11.3 Å². The zero-order valence-corrected chi connectivity index (χ0v) is 12.2. The molecule has 1 aromatic rings. The maximum absolute atomic E-state index is 4.44. The number of rotatable bonds is 3. The van der Waals surface area contributed by atoms with Gasteiger partial charge in [-0.2, -0.15) is 0 Å². The van der Waals surface area contributed by atoms with E-state index in [1.165, 1.54) is 42.4 Å². The van der Waals surface area contributed by atoms with Crippen molar-refractivity contribution in [3.8, 4) is 0 Å². The average molecular weight is 265 g/mol. The molecule has 2 heterocycles. The number of hydrogen-bond acceptors (Lipinski definition) is 4. The van der Waals surface area contributed by atoms with Gasteiger partial charge in [0.1, 0.15) is 5.01 Å². The van der Waals surface area contributed by atoms with Gasteiger partial charge < -0.3 is 4.90 Å². The van der Waals surface area contributed by atoms with Gasteiger partial charge in [0.15, 0.2) is 0 Å². The van der Waals surface area contributed by atoms with Crippen molar-refractivity contribution in [1.82, 2.24) is 10.2 Å². The molecule has 3 nitrogen and oxygen atoms in total. The third-order valence-corrected chi connectivity index (χ3v) is 5.58. The molecule has 0 amide bonds. The molecule has 1 saturated heterocycles. The lowest BCUT2D eigenvalue weighted by Crippen LogP contribution is -2.34. The minimum absolute atomic E-state index is 0.746. The molecular weight excluding hydrogens is 242 g/mol. The SMILES string of the molecule is CCCc1nnc(N2CC(C)C3CCCCC32)s1. The van der Waals surface area contributed by atoms with E-state index in [1.54, 1.807) is 0 Å². The van der Waals surface area contributed by atoms with Gasteiger partial charge in [-0.05, 0) is 31.1 Å². The predicted octanol–water partition coefficient (Wildman–Crippen LogP) is 3.51. The second-order valence-electron chi connectivity index (χ2n) is 5.87. The molecule has 1 aromatic heterocycles. The zero-order valence-electron chi connectivity index (χ0n) is 11.4. The lowest BCUT2D eigenvalue weighted by Gasteiger charge is -2.31. The molecule has 1 aliphatic carbocycles. The Morgan fingerprint density at radius 2 is 2.11 bits per heavy atom. The topological polar surface area (TPSA) is 29.0 Å². The molecule has 0 aromatic carbocycles. The second-order valence-corrected chi connectivity index (χ2v) is 6.91. The molecule has 0 bridgehead atoms. The van der Waals surface area contributed by atoms with E-state index < -0.39 is 0 Å². The van der Waals surface area contributed by atoms with Gasteiger partial charge in [0.05, 0.1) is 0 Å². The van der Waals surface area contributed by atoms with Crippen molar-refractivity contribution in [3.05, 3.63) is 5.01 Å². The van der Waals surface area contributed by atoms with Crippen LogP contribution in [0.15, 0.2) is 0 Å². The summed E-state index contributed by atoms with van der Waals surface area (Å²) in [6.07, 6.45) is 7.84. The van der Waals surface area contributed by atoms with Gasteiger partial charge in [0.2, 0.25) is 5.13 Å². The van der Waals surface area contributed by atoms with Crippen LogP contribution in [0.25, 0.3) is 0 Å². The van der Waals surface area contributed by atoms with E-state index >= 15 is 0 Å². The van der Waals surface area contributed by atoms with Crippen molar-refractivity contribution < 1.29 is 0 Å². The van der Waals surface area contributed by atoms with Crippen molar-refractivity contribution >= 4 is 16.5 Å². The largest absolute Gasteiger partial charge is 0.343 e. The van der Waals surface area contributed by atoms with Crippen molar-refractivity contribution in [1.29, 1.82) is 0 Å². The van der Waals surface area contributed by atoms with Crippen LogP contribution in [0.4, 0.5) is 5.13 Å². The number of fused-ring (bicyclic) bond motifs is 1. The summed E-state index contributed by atoms with van der Waals surface area (Å²) in [4.78, 5) is 2.56. The number of aryl methyl sites for hydroxylation is 1. The number of aromatic nitrogens is 2. The Bertz CT molecular complexity index is 403. The molecule has 3 unspecified atom stereocenters. The highest BCUT2D eigenvalue weighted by atomic mass is 32.1. The van der Waals surface area contributed by atoms with Gasteiger partial charge in [-0.3, -0.25) is 0 Å². The highest BCUT2D eigenvalue weighted by molar-refractivity contribution is 7.15. The van der Waals surface area contributed by atoms with E-state index in [0.717, 1.165) is 30.7 Å². The maximum Gasteiger partial charge on any atom is 0.208 e. The summed E-state index contributed by atoms with van der Waals surface area (Å²) in [7, 11) is 0. The van der Waals surface area contributed by atoms with Crippen molar-refractivity contribution in [2.24, 2.45) is 11.8 Å². The van der Waals surface area contributed by atoms with Crippen LogP contribution < -0.4 is 4.90 Å². The number of hydrogen-bond donors (Lipinski definition) is 0. The molecule has 4 heteroatoms. The third kappa shape index (κ3) is 2.15. The first-order valence-corrected chi connectivity index (χ1v) is 8.20. The summed E-state index contributed by atoms with van der Waals surface area (Å²) >= 11 is 1.82. The van der Waals surface area contributed by atoms with E-state index in [-0.39, 0.29) is 0 Å². The van der Waals surface area contributed by atoms with E-state index in [9.17, 15) is 0 Å². The first-order valence-electron chi connectivity index (χ1n) is 7.38. The van der Waals surface area contributed by atoms with Crippen molar-refractivity contribution in [2.75, 3.05) is 11.4 Å². The van der Waals surface area contributed by atoms with Gasteiger partial charge in [0.25, 0.3) is 0 Å². The van der Waals surface area contributed by atoms with Crippen molar-refractivity contribution in [2.45, 2.75) is 58.4 Å². The molecule has 0 radical (unpaired) electrons. The maximum atomic E-state index is 4.44. The first kappa shape index (κ1) is 12.4. The minimum atomic E-state index is 0.746. The van der Waals surface area contributed by atoms with E-state index in [0.29, 0.717) is 0 Å². The quantitative estimate of drug-likeness (QED) is 0.837. The summed E-state index contributed by atoms with van der Waals surface area (Å²) < 4.78 is 0. The molecular formula is C14H23N3S. The third-order valence-electron chi connectivity index (χ3n) is 4.56. The van der Waals surface area contributed by atoms with E-state index in [4.69, 9.17) is 0 Å². The highest BCUT2D eigenvalue weighted by Crippen LogP contribution is 2.42. The summed E-state index contributed by atoms with van der Waals surface area (Å²) in [5, 5.41) is 11.2. The molecule has 18 heavy (non-hydrogen) atoms. The van der Waals surface area contributed by atoms with Crippen LogP contribution in [0.3, 0.4) is 0 Å². The summed E-state index contributed by atoms with van der Waals surface area (Å²) in [6, 6.07) is 0.746. The highest BCUT2D eigenvalue weighted by Gasteiger charge is 2.41. The minimum Gasteiger partial charge on any atom is -0.343 e. The fourth-order valence-electron chi connectivity index (χ4n) is 3.67. The molecule has 3 rings (SSSR count). The fourth-order valence-corrected chi connectivity index (χ4v) is 4.67. The van der Waals surface area contributed by atoms with Gasteiger partial charge in [-0.15, -0.1) is 10.2 Å². The fraction of sp³-hybridized carbons (Fsp3) is 0.857. The Kier molecular flexibility index (Phi) is 3.55. The zero-order chi connectivity index (χ0) is 12.5. The number of nitrogens with zero attached hydrogens (tertiary/aromatic N) is 3. The Labute approximate surface area is 114 Å². The Morgan fingerprint density at radius 3 is 2.94 bits per heavy atom. The lowest BCUT2D eigenvalue weighted by atomic mass is 9.80. The Hall–Kier alpha value is -0.640. The summed E-state index contributed by atoms with van der Waals surface area (Å²) in [5.74, 6) is 1.73. The summed E-state index contributed by atoms with van der Waals surface area (Å²) in [5.41, 5.74) is 0. The Balaban J connectivity index is 1.78. The van der Waals surface area contributed by atoms with Gasteiger partial charge in [-0.25, -0.2) is 0 Å². The monoisotopic (exact) mass is 265 g/mol. The molecule has 2 aliphatic rings.